The molecule has 0 spiro atoms. The Balaban J connectivity index is 2.38. The summed E-state index contributed by atoms with van der Waals surface area (Å²) in [6.45, 7) is 3.70. The summed E-state index contributed by atoms with van der Waals surface area (Å²) in [6, 6.07) is 5.71. The molecule has 1 aromatic rings. The van der Waals surface area contributed by atoms with E-state index in [-0.39, 0.29) is 11.5 Å². The summed E-state index contributed by atoms with van der Waals surface area (Å²) in [6.07, 6.45) is 1.71. The standard InChI is InChI=1S/C12H16O2/c1-8-3-4-10(7-11(8)14)12(5-6-12)9(2)13/h3-4,7,9,13-14H,5-6H2,1-2H3. The van der Waals surface area contributed by atoms with E-state index in [1.54, 1.807) is 6.07 Å². The van der Waals surface area contributed by atoms with Crippen molar-refractivity contribution >= 4 is 0 Å². The monoisotopic (exact) mass is 192 g/mol. The number of rotatable bonds is 2. The Morgan fingerprint density at radius 2 is 2.00 bits per heavy atom. The lowest BCUT2D eigenvalue weighted by atomic mass is 9.90. The molecule has 0 amide bonds. The first-order valence-corrected chi connectivity index (χ1v) is 5.04. The van der Waals surface area contributed by atoms with Gasteiger partial charge in [-0.1, -0.05) is 12.1 Å². The lowest BCUT2D eigenvalue weighted by Crippen LogP contribution is -2.22. The third-order valence-corrected chi connectivity index (χ3v) is 3.37. The van der Waals surface area contributed by atoms with Gasteiger partial charge in [0.15, 0.2) is 0 Å². The SMILES string of the molecule is Cc1ccc(C2(C(C)O)CC2)cc1O. The highest BCUT2D eigenvalue weighted by Gasteiger charge is 2.48. The predicted molar refractivity (Wildman–Crippen MR) is 55.4 cm³/mol. The molecule has 0 bridgehead atoms. The summed E-state index contributed by atoms with van der Waals surface area (Å²) in [5.41, 5.74) is 1.87. The number of aromatic hydroxyl groups is 1. The second-order valence-electron chi connectivity index (χ2n) is 4.33. The molecule has 2 heteroatoms. The lowest BCUT2D eigenvalue weighted by molar-refractivity contribution is 0.150. The molecule has 0 saturated heterocycles. The molecular formula is C12H16O2. The summed E-state index contributed by atoms with van der Waals surface area (Å²) in [5, 5.41) is 19.3. The molecule has 0 radical (unpaired) electrons. The van der Waals surface area contributed by atoms with E-state index in [4.69, 9.17) is 0 Å². The maximum absolute atomic E-state index is 9.67. The number of aryl methyl sites for hydroxylation is 1. The van der Waals surface area contributed by atoms with Crippen molar-refractivity contribution < 1.29 is 10.2 Å². The van der Waals surface area contributed by atoms with Crippen molar-refractivity contribution in [2.45, 2.75) is 38.2 Å². The maximum Gasteiger partial charge on any atom is 0.118 e. The molecule has 1 aromatic carbocycles. The molecular weight excluding hydrogens is 176 g/mol. The van der Waals surface area contributed by atoms with Crippen LogP contribution in [0.1, 0.15) is 30.9 Å². The zero-order valence-corrected chi connectivity index (χ0v) is 8.62. The van der Waals surface area contributed by atoms with Gasteiger partial charge in [-0.3, -0.25) is 0 Å². The Kier molecular flexibility index (Phi) is 2.04. The number of phenolic OH excluding ortho intramolecular Hbond substituents is 1. The summed E-state index contributed by atoms with van der Waals surface area (Å²) < 4.78 is 0. The van der Waals surface area contributed by atoms with E-state index in [1.165, 1.54) is 0 Å². The van der Waals surface area contributed by atoms with Gasteiger partial charge in [-0.25, -0.2) is 0 Å². The lowest BCUT2D eigenvalue weighted by Gasteiger charge is -2.19. The van der Waals surface area contributed by atoms with Crippen molar-refractivity contribution in [3.8, 4) is 5.75 Å². The number of aliphatic hydroxyl groups excluding tert-OH is 1. The Morgan fingerprint density at radius 1 is 1.36 bits per heavy atom. The molecule has 1 unspecified atom stereocenters. The van der Waals surface area contributed by atoms with Crippen LogP contribution in [0.4, 0.5) is 0 Å². The van der Waals surface area contributed by atoms with Crippen LogP contribution in [-0.2, 0) is 5.41 Å². The van der Waals surface area contributed by atoms with Gasteiger partial charge in [0.1, 0.15) is 5.75 Å². The molecule has 0 aromatic heterocycles. The van der Waals surface area contributed by atoms with Crippen LogP contribution in [0.3, 0.4) is 0 Å². The summed E-state index contributed by atoms with van der Waals surface area (Å²) in [4.78, 5) is 0. The van der Waals surface area contributed by atoms with Crippen molar-refractivity contribution in [2.24, 2.45) is 0 Å². The molecule has 14 heavy (non-hydrogen) atoms. The highest BCUT2D eigenvalue weighted by Crippen LogP contribution is 2.51. The van der Waals surface area contributed by atoms with E-state index < -0.39 is 0 Å². The Morgan fingerprint density at radius 3 is 2.43 bits per heavy atom. The third kappa shape index (κ3) is 1.30. The van der Waals surface area contributed by atoms with Crippen LogP contribution in [0, 0.1) is 6.92 Å². The second-order valence-corrected chi connectivity index (χ2v) is 4.33. The van der Waals surface area contributed by atoms with Crippen molar-refractivity contribution in [2.75, 3.05) is 0 Å². The average Bonchev–Trinajstić information content (AvgIpc) is 2.90. The zero-order chi connectivity index (χ0) is 10.3. The van der Waals surface area contributed by atoms with E-state index >= 15 is 0 Å². The van der Waals surface area contributed by atoms with E-state index in [2.05, 4.69) is 0 Å². The minimum atomic E-state index is -0.329. The Hall–Kier alpha value is -1.02. The van der Waals surface area contributed by atoms with Gasteiger partial charge >= 0.3 is 0 Å². The number of hydrogen-bond donors (Lipinski definition) is 2. The second kappa shape index (κ2) is 2.99. The van der Waals surface area contributed by atoms with Crippen molar-refractivity contribution in [3.63, 3.8) is 0 Å². The molecule has 1 aliphatic carbocycles. The average molecular weight is 192 g/mol. The first-order valence-electron chi connectivity index (χ1n) is 5.04. The van der Waals surface area contributed by atoms with Crippen molar-refractivity contribution in [1.29, 1.82) is 0 Å². The molecule has 2 N–H and O–H groups in total. The fraction of sp³-hybridized carbons (Fsp3) is 0.500. The highest BCUT2D eigenvalue weighted by molar-refractivity contribution is 5.42. The minimum Gasteiger partial charge on any atom is -0.508 e. The number of phenols is 1. The van der Waals surface area contributed by atoms with Crippen LogP contribution in [0.5, 0.6) is 5.75 Å². The predicted octanol–water partition coefficient (Wildman–Crippen LogP) is 2.11. The van der Waals surface area contributed by atoms with Crippen molar-refractivity contribution in [3.05, 3.63) is 29.3 Å². The number of benzene rings is 1. The van der Waals surface area contributed by atoms with Crippen LogP contribution in [0.15, 0.2) is 18.2 Å². The summed E-state index contributed by atoms with van der Waals surface area (Å²) in [5.74, 6) is 0.328. The first-order chi connectivity index (χ1) is 6.56. The van der Waals surface area contributed by atoms with E-state index in [0.29, 0.717) is 5.75 Å². The summed E-state index contributed by atoms with van der Waals surface area (Å²) in [7, 11) is 0. The first kappa shape index (κ1) is 9.53. The molecule has 1 saturated carbocycles. The smallest absolute Gasteiger partial charge is 0.118 e. The van der Waals surface area contributed by atoms with Crippen LogP contribution >= 0.6 is 0 Å². The fourth-order valence-corrected chi connectivity index (χ4v) is 2.00. The van der Waals surface area contributed by atoms with Crippen LogP contribution in [0.2, 0.25) is 0 Å². The Labute approximate surface area is 84.2 Å². The zero-order valence-electron chi connectivity index (χ0n) is 8.62. The molecule has 0 aliphatic heterocycles. The molecule has 76 valence electrons. The van der Waals surface area contributed by atoms with Gasteiger partial charge in [-0.2, -0.15) is 0 Å². The maximum atomic E-state index is 9.67. The minimum absolute atomic E-state index is 0.0782. The van der Waals surface area contributed by atoms with Gasteiger partial charge in [-0.05, 0) is 43.9 Å². The topological polar surface area (TPSA) is 40.5 Å². The van der Waals surface area contributed by atoms with Crippen LogP contribution < -0.4 is 0 Å². The van der Waals surface area contributed by atoms with E-state index in [0.717, 1.165) is 24.0 Å². The molecule has 2 nitrogen and oxygen atoms in total. The fourth-order valence-electron chi connectivity index (χ4n) is 2.00. The largest absolute Gasteiger partial charge is 0.508 e. The van der Waals surface area contributed by atoms with Gasteiger partial charge in [0.05, 0.1) is 6.10 Å². The third-order valence-electron chi connectivity index (χ3n) is 3.37. The molecule has 1 atom stereocenters. The van der Waals surface area contributed by atoms with Gasteiger partial charge in [0.25, 0.3) is 0 Å². The highest BCUT2D eigenvalue weighted by atomic mass is 16.3. The van der Waals surface area contributed by atoms with Crippen molar-refractivity contribution in [1.82, 2.24) is 0 Å². The van der Waals surface area contributed by atoms with Gasteiger partial charge in [0, 0.05) is 5.41 Å². The quantitative estimate of drug-likeness (QED) is 0.753. The summed E-state index contributed by atoms with van der Waals surface area (Å²) >= 11 is 0. The molecule has 1 fully saturated rings. The number of aliphatic hydroxyl groups is 1. The normalized spacial score (nSPS) is 20.5. The number of hydrogen-bond acceptors (Lipinski definition) is 2. The van der Waals surface area contributed by atoms with Crippen LogP contribution in [0.25, 0.3) is 0 Å². The molecule has 2 rings (SSSR count). The van der Waals surface area contributed by atoms with Gasteiger partial charge in [-0.15, -0.1) is 0 Å². The Bertz CT molecular complexity index is 351. The van der Waals surface area contributed by atoms with E-state index in [1.807, 2.05) is 26.0 Å². The van der Waals surface area contributed by atoms with Gasteiger partial charge in [0.2, 0.25) is 0 Å². The van der Waals surface area contributed by atoms with Gasteiger partial charge < -0.3 is 10.2 Å². The molecule has 0 heterocycles. The van der Waals surface area contributed by atoms with Crippen LogP contribution in [-0.4, -0.2) is 16.3 Å². The molecule has 1 aliphatic rings. The van der Waals surface area contributed by atoms with E-state index in [9.17, 15) is 10.2 Å².